The fourth-order valence-electron chi connectivity index (χ4n) is 1.86. The maximum absolute atomic E-state index is 11.8. The Morgan fingerprint density at radius 3 is 2.52 bits per heavy atom. The Morgan fingerprint density at radius 1 is 1.33 bits per heavy atom. The average molecular weight is 313 g/mol. The van der Waals surface area contributed by atoms with Crippen molar-refractivity contribution < 1.29 is 9.53 Å². The normalized spacial score (nSPS) is 12.3. The Labute approximate surface area is 132 Å². The third-order valence-electron chi connectivity index (χ3n) is 2.97. The molecule has 1 aromatic carbocycles. The summed E-state index contributed by atoms with van der Waals surface area (Å²) in [6, 6.07) is 5.65. The van der Waals surface area contributed by atoms with Gasteiger partial charge in [-0.25, -0.2) is 0 Å². The molecule has 4 nitrogen and oxygen atoms in total. The highest BCUT2D eigenvalue weighted by Crippen LogP contribution is 2.26. The van der Waals surface area contributed by atoms with Gasteiger partial charge in [0.15, 0.2) is 6.10 Å². The molecule has 0 heterocycles. The first-order chi connectivity index (χ1) is 9.81. The number of hydrogen-bond donors (Lipinski definition) is 1. The fourth-order valence-corrected chi connectivity index (χ4v) is 2.11. The summed E-state index contributed by atoms with van der Waals surface area (Å²) in [5.74, 6) is 1.06. The molecule has 0 saturated carbocycles. The van der Waals surface area contributed by atoms with Crippen LogP contribution in [0.25, 0.3) is 0 Å². The molecule has 21 heavy (non-hydrogen) atoms. The lowest BCUT2D eigenvalue weighted by Gasteiger charge is -2.19. The predicted molar refractivity (Wildman–Crippen MR) is 86.8 cm³/mol. The summed E-state index contributed by atoms with van der Waals surface area (Å²) >= 11 is 6.22. The minimum absolute atomic E-state index is 0.0891. The molecule has 0 bridgehead atoms. The van der Waals surface area contributed by atoms with Gasteiger partial charge < -0.3 is 15.0 Å². The number of nitrogens with zero attached hydrogens (tertiary/aromatic N) is 1. The van der Waals surface area contributed by atoms with Crippen LogP contribution in [0, 0.1) is 5.92 Å². The van der Waals surface area contributed by atoms with Crippen LogP contribution in [0.3, 0.4) is 0 Å². The molecule has 1 N–H and O–H groups in total. The summed E-state index contributed by atoms with van der Waals surface area (Å²) in [5.41, 5.74) is 1.10. The molecule has 118 valence electrons. The molecule has 0 aliphatic rings. The number of halogens is 1. The first kappa shape index (κ1) is 17.8. The van der Waals surface area contributed by atoms with Crippen LogP contribution in [0.1, 0.15) is 26.3 Å². The molecule has 0 saturated heterocycles. The van der Waals surface area contributed by atoms with Crippen LogP contribution in [0.5, 0.6) is 5.75 Å². The molecule has 0 aliphatic heterocycles. The molecule has 1 unspecified atom stereocenters. The summed E-state index contributed by atoms with van der Waals surface area (Å²) < 4.78 is 5.62. The monoisotopic (exact) mass is 312 g/mol. The Balaban J connectivity index is 2.63. The van der Waals surface area contributed by atoms with Crippen LogP contribution in [-0.4, -0.2) is 37.6 Å². The molecule has 0 aromatic heterocycles. The highest BCUT2D eigenvalue weighted by Gasteiger charge is 2.17. The zero-order chi connectivity index (χ0) is 16.0. The number of amides is 1. The van der Waals surface area contributed by atoms with Crippen LogP contribution in [0.2, 0.25) is 5.02 Å². The van der Waals surface area contributed by atoms with Crippen LogP contribution in [0.15, 0.2) is 18.2 Å². The van der Waals surface area contributed by atoms with Gasteiger partial charge in [-0.3, -0.25) is 4.79 Å². The quantitative estimate of drug-likeness (QED) is 0.841. The molecule has 1 rings (SSSR count). The number of carbonyl (C=O) groups is 1. The number of benzene rings is 1. The lowest BCUT2D eigenvalue weighted by Crippen LogP contribution is -2.35. The number of likely N-dealkylation sites (N-methyl/N-ethyl adjacent to an activating group) is 1. The Kier molecular flexibility index (Phi) is 6.99. The smallest absolute Gasteiger partial charge is 0.262 e. The average Bonchev–Trinajstić information content (AvgIpc) is 2.40. The summed E-state index contributed by atoms with van der Waals surface area (Å²) in [5, 5.41) is 3.89. The van der Waals surface area contributed by atoms with Crippen molar-refractivity contribution in [2.45, 2.75) is 33.4 Å². The second kappa shape index (κ2) is 8.25. The van der Waals surface area contributed by atoms with E-state index in [9.17, 15) is 4.79 Å². The molecule has 5 heteroatoms. The van der Waals surface area contributed by atoms with Gasteiger partial charge >= 0.3 is 0 Å². The van der Waals surface area contributed by atoms with Crippen molar-refractivity contribution in [3.8, 4) is 5.75 Å². The van der Waals surface area contributed by atoms with Crippen molar-refractivity contribution in [1.82, 2.24) is 10.2 Å². The van der Waals surface area contributed by atoms with Crippen LogP contribution in [0.4, 0.5) is 0 Å². The van der Waals surface area contributed by atoms with E-state index >= 15 is 0 Å². The van der Waals surface area contributed by atoms with E-state index in [4.69, 9.17) is 16.3 Å². The van der Waals surface area contributed by atoms with Crippen LogP contribution >= 0.6 is 11.6 Å². The highest BCUT2D eigenvalue weighted by atomic mass is 35.5. The van der Waals surface area contributed by atoms with E-state index in [0.29, 0.717) is 16.7 Å². The third kappa shape index (κ3) is 5.94. The maximum atomic E-state index is 11.8. The van der Waals surface area contributed by atoms with Gasteiger partial charge in [0.2, 0.25) is 0 Å². The van der Waals surface area contributed by atoms with E-state index in [1.165, 1.54) is 4.90 Å². The second-order valence-electron chi connectivity index (χ2n) is 5.78. The number of carbonyl (C=O) groups excluding carboxylic acids is 1. The number of ether oxygens (including phenoxy) is 1. The van der Waals surface area contributed by atoms with Gasteiger partial charge in [0.1, 0.15) is 5.75 Å². The van der Waals surface area contributed by atoms with Gasteiger partial charge in [0.25, 0.3) is 5.91 Å². The summed E-state index contributed by atoms with van der Waals surface area (Å²) in [6.45, 7) is 7.78. The minimum Gasteiger partial charge on any atom is -0.479 e. The molecule has 0 aliphatic carbocycles. The molecule has 0 radical (unpaired) electrons. The number of nitrogens with one attached hydrogen (secondary N) is 1. The van der Waals surface area contributed by atoms with Gasteiger partial charge in [-0.15, -0.1) is 0 Å². The fraction of sp³-hybridized carbons (Fsp3) is 0.562. The van der Waals surface area contributed by atoms with E-state index in [0.717, 1.165) is 18.7 Å². The zero-order valence-electron chi connectivity index (χ0n) is 13.4. The third-order valence-corrected chi connectivity index (χ3v) is 3.27. The van der Waals surface area contributed by atoms with Gasteiger partial charge in [-0.1, -0.05) is 31.5 Å². The molecule has 0 fully saturated rings. The topological polar surface area (TPSA) is 41.6 Å². The maximum Gasteiger partial charge on any atom is 0.262 e. The standard InChI is InChI=1S/C16H25ClN2O2/c1-11(2)9-18-10-13-6-7-15(14(17)8-13)21-12(3)16(20)19(4)5/h6-8,11-12,18H,9-10H2,1-5H3. The second-order valence-corrected chi connectivity index (χ2v) is 6.19. The van der Waals surface area contributed by atoms with Crippen molar-refractivity contribution in [3.63, 3.8) is 0 Å². The van der Waals surface area contributed by atoms with Crippen molar-refractivity contribution in [2.75, 3.05) is 20.6 Å². The number of rotatable bonds is 7. The van der Waals surface area contributed by atoms with Gasteiger partial charge in [0, 0.05) is 20.6 Å². The van der Waals surface area contributed by atoms with E-state index < -0.39 is 6.10 Å². The predicted octanol–water partition coefficient (Wildman–Crippen LogP) is 2.94. The zero-order valence-corrected chi connectivity index (χ0v) is 14.2. The van der Waals surface area contributed by atoms with Crippen molar-refractivity contribution in [3.05, 3.63) is 28.8 Å². The lowest BCUT2D eigenvalue weighted by atomic mass is 10.2. The Bertz CT molecular complexity index is 475. The van der Waals surface area contributed by atoms with Gasteiger partial charge in [0.05, 0.1) is 5.02 Å². The SMILES string of the molecule is CC(C)CNCc1ccc(OC(C)C(=O)N(C)C)c(Cl)c1. The van der Waals surface area contributed by atoms with Gasteiger partial charge in [-0.2, -0.15) is 0 Å². The van der Waals surface area contributed by atoms with Crippen molar-refractivity contribution >= 4 is 17.5 Å². The lowest BCUT2D eigenvalue weighted by molar-refractivity contribution is -0.135. The molecular weight excluding hydrogens is 288 g/mol. The molecule has 0 spiro atoms. The summed E-state index contributed by atoms with van der Waals surface area (Å²) in [6.07, 6.45) is -0.553. The summed E-state index contributed by atoms with van der Waals surface area (Å²) in [4.78, 5) is 13.3. The van der Waals surface area contributed by atoms with E-state index in [2.05, 4.69) is 19.2 Å². The van der Waals surface area contributed by atoms with E-state index in [1.54, 1.807) is 21.0 Å². The number of hydrogen-bond acceptors (Lipinski definition) is 3. The van der Waals surface area contributed by atoms with Crippen molar-refractivity contribution in [1.29, 1.82) is 0 Å². The largest absolute Gasteiger partial charge is 0.479 e. The Morgan fingerprint density at radius 2 is 2.00 bits per heavy atom. The molecule has 1 amide bonds. The van der Waals surface area contributed by atoms with Crippen molar-refractivity contribution in [2.24, 2.45) is 5.92 Å². The van der Waals surface area contributed by atoms with E-state index in [-0.39, 0.29) is 5.91 Å². The highest BCUT2D eigenvalue weighted by molar-refractivity contribution is 6.32. The molecule has 1 atom stereocenters. The molecular formula is C16H25ClN2O2. The van der Waals surface area contributed by atoms with Crippen LogP contribution in [-0.2, 0) is 11.3 Å². The minimum atomic E-state index is -0.553. The van der Waals surface area contributed by atoms with E-state index in [1.807, 2.05) is 18.2 Å². The molecule has 1 aromatic rings. The first-order valence-corrected chi connectivity index (χ1v) is 7.56. The van der Waals surface area contributed by atoms with Crippen LogP contribution < -0.4 is 10.1 Å². The van der Waals surface area contributed by atoms with Gasteiger partial charge in [-0.05, 0) is 37.1 Å². The summed E-state index contributed by atoms with van der Waals surface area (Å²) in [7, 11) is 3.40. The first-order valence-electron chi connectivity index (χ1n) is 7.18. The Hall–Kier alpha value is -1.26.